The van der Waals surface area contributed by atoms with Gasteiger partial charge in [-0.05, 0) is 5.56 Å². The summed E-state index contributed by atoms with van der Waals surface area (Å²) in [5.74, 6) is 7.28. The molecule has 2 rings (SSSR count). The lowest BCUT2D eigenvalue weighted by Crippen LogP contribution is -2.24. The van der Waals surface area contributed by atoms with Gasteiger partial charge in [0, 0.05) is 18.1 Å². The van der Waals surface area contributed by atoms with Crippen molar-refractivity contribution in [3.63, 3.8) is 0 Å². The van der Waals surface area contributed by atoms with E-state index in [0.29, 0.717) is 18.1 Å². The molecule has 0 atom stereocenters. The molecule has 2 aromatic rings. The Morgan fingerprint density at radius 3 is 2.45 bits per heavy atom. The molecule has 4 N–H and O–H groups in total. The van der Waals surface area contributed by atoms with Crippen molar-refractivity contribution in [1.29, 1.82) is 0 Å². The number of aromatic nitrogens is 2. The van der Waals surface area contributed by atoms with E-state index in [4.69, 9.17) is 16.3 Å². The molecule has 0 fully saturated rings. The summed E-state index contributed by atoms with van der Waals surface area (Å²) < 4.78 is 6.70. The molecule has 0 spiro atoms. The average molecular weight is 274 g/mol. The molecule has 1 aromatic heterocycles. The topological polar surface area (TPSA) is 79.1 Å². The molecule has 1 heterocycles. The number of benzene rings is 1. The Morgan fingerprint density at radius 1 is 1.25 bits per heavy atom. The van der Waals surface area contributed by atoms with Crippen molar-refractivity contribution in [2.45, 2.75) is 32.8 Å². The number of anilines is 1. The number of ether oxygens (including phenoxy) is 1. The van der Waals surface area contributed by atoms with Crippen LogP contribution in [0.3, 0.4) is 0 Å². The molecule has 0 aliphatic rings. The summed E-state index contributed by atoms with van der Waals surface area (Å²) in [6, 6.07) is 7.92. The van der Waals surface area contributed by atoms with Crippen molar-refractivity contribution in [3.8, 4) is 11.3 Å². The third kappa shape index (κ3) is 2.49. The molecule has 0 unspecified atom stereocenters. The first kappa shape index (κ1) is 14.4. The number of rotatable bonds is 3. The fourth-order valence-corrected chi connectivity index (χ4v) is 2.21. The molecule has 5 nitrogen and oxygen atoms in total. The molecule has 0 saturated heterocycles. The van der Waals surface area contributed by atoms with Gasteiger partial charge in [0.25, 0.3) is 0 Å². The molecular formula is C15H22N4O. The molecule has 0 aliphatic carbocycles. The zero-order chi connectivity index (χ0) is 14.9. The van der Waals surface area contributed by atoms with Crippen LogP contribution in [0.15, 0.2) is 24.3 Å². The van der Waals surface area contributed by atoms with E-state index < -0.39 is 0 Å². The van der Waals surface area contributed by atoms with Crippen molar-refractivity contribution >= 4 is 5.82 Å². The number of nitrogens with zero attached hydrogens (tertiary/aromatic N) is 2. The minimum Gasteiger partial charge on any atom is -0.382 e. The molecule has 1 aromatic carbocycles. The van der Waals surface area contributed by atoms with Crippen LogP contribution in [-0.2, 0) is 16.8 Å². The van der Waals surface area contributed by atoms with E-state index in [2.05, 4.69) is 25.8 Å². The van der Waals surface area contributed by atoms with Crippen LogP contribution in [0.25, 0.3) is 11.3 Å². The number of methoxy groups -OCH3 is 1. The van der Waals surface area contributed by atoms with E-state index in [9.17, 15) is 0 Å². The molecule has 0 radical (unpaired) electrons. The summed E-state index contributed by atoms with van der Waals surface area (Å²) in [6.07, 6.45) is 0. The van der Waals surface area contributed by atoms with Crippen LogP contribution in [0.2, 0.25) is 0 Å². The average Bonchev–Trinajstić information content (AvgIpc) is 2.67. The number of nitrogens with two attached hydrogens (primary N) is 2. The van der Waals surface area contributed by atoms with Gasteiger partial charge in [-0.2, -0.15) is 0 Å². The third-order valence-corrected chi connectivity index (χ3v) is 3.19. The van der Waals surface area contributed by atoms with E-state index in [1.54, 1.807) is 7.11 Å². The lowest BCUT2D eigenvalue weighted by atomic mass is 9.96. The third-order valence-electron chi connectivity index (χ3n) is 3.19. The van der Waals surface area contributed by atoms with Crippen LogP contribution < -0.4 is 11.6 Å². The fraction of sp³-hybridized carbons (Fsp3) is 0.400. The minimum absolute atomic E-state index is 0.169. The minimum atomic E-state index is -0.169. The highest BCUT2D eigenvalue weighted by molar-refractivity contribution is 5.74. The van der Waals surface area contributed by atoms with Crippen LogP contribution >= 0.6 is 0 Å². The predicted octanol–water partition coefficient (Wildman–Crippen LogP) is 2.29. The van der Waals surface area contributed by atoms with Crippen molar-refractivity contribution in [3.05, 3.63) is 35.7 Å². The molecule has 108 valence electrons. The second-order valence-corrected chi connectivity index (χ2v) is 5.88. The maximum absolute atomic E-state index is 6.13. The molecule has 20 heavy (non-hydrogen) atoms. The molecule has 0 saturated carbocycles. The van der Waals surface area contributed by atoms with Gasteiger partial charge in [-0.3, -0.25) is 0 Å². The zero-order valence-electron chi connectivity index (χ0n) is 12.5. The summed E-state index contributed by atoms with van der Waals surface area (Å²) in [7, 11) is 1.67. The Morgan fingerprint density at radius 2 is 1.90 bits per heavy atom. The van der Waals surface area contributed by atoms with Crippen LogP contribution in [0.4, 0.5) is 5.82 Å². The maximum Gasteiger partial charge on any atom is 0.150 e. The monoisotopic (exact) mass is 274 g/mol. The van der Waals surface area contributed by atoms with Gasteiger partial charge in [0.1, 0.15) is 11.5 Å². The van der Waals surface area contributed by atoms with Gasteiger partial charge >= 0.3 is 0 Å². The Balaban J connectivity index is 2.60. The first-order chi connectivity index (χ1) is 9.36. The molecule has 0 aliphatic heterocycles. The highest BCUT2D eigenvalue weighted by atomic mass is 16.5. The lowest BCUT2D eigenvalue weighted by molar-refractivity contribution is 0.185. The summed E-state index contributed by atoms with van der Waals surface area (Å²) in [6.45, 7) is 6.69. The SMILES string of the molecule is COCc1ccccc1-c1nc(C(C)(C)C)n(N)c1N. The second-order valence-electron chi connectivity index (χ2n) is 5.88. The second kappa shape index (κ2) is 5.17. The molecule has 0 amide bonds. The maximum atomic E-state index is 6.13. The van der Waals surface area contributed by atoms with E-state index in [-0.39, 0.29) is 5.41 Å². The Bertz CT molecular complexity index is 611. The number of hydrogen-bond donors (Lipinski definition) is 2. The normalized spacial score (nSPS) is 11.8. The van der Waals surface area contributed by atoms with Gasteiger partial charge in [-0.15, -0.1) is 0 Å². The van der Waals surface area contributed by atoms with Crippen LogP contribution in [0, 0.1) is 0 Å². The summed E-state index contributed by atoms with van der Waals surface area (Å²) >= 11 is 0. The van der Waals surface area contributed by atoms with E-state index in [1.165, 1.54) is 4.68 Å². The standard InChI is InChI=1S/C15H22N4O/c1-15(2,3)14-18-12(13(16)19(14)17)11-8-6-5-7-10(11)9-20-4/h5-8H,9,16-17H2,1-4H3. The van der Waals surface area contributed by atoms with Gasteiger partial charge in [0.2, 0.25) is 0 Å². The van der Waals surface area contributed by atoms with Crippen molar-refractivity contribution in [1.82, 2.24) is 9.66 Å². The van der Waals surface area contributed by atoms with E-state index in [1.807, 2.05) is 24.3 Å². The molecular weight excluding hydrogens is 252 g/mol. The smallest absolute Gasteiger partial charge is 0.150 e. The Kier molecular flexibility index (Phi) is 3.72. The first-order valence-electron chi connectivity index (χ1n) is 6.57. The molecule has 0 bridgehead atoms. The Hall–Kier alpha value is -2.01. The van der Waals surface area contributed by atoms with Gasteiger partial charge in [-0.1, -0.05) is 45.0 Å². The van der Waals surface area contributed by atoms with Crippen LogP contribution in [0.1, 0.15) is 32.2 Å². The lowest BCUT2D eigenvalue weighted by Gasteiger charge is -2.17. The number of nitrogen functional groups attached to an aromatic ring is 2. The zero-order valence-corrected chi connectivity index (χ0v) is 12.5. The van der Waals surface area contributed by atoms with Crippen molar-refractivity contribution in [2.24, 2.45) is 0 Å². The van der Waals surface area contributed by atoms with Gasteiger partial charge < -0.3 is 16.3 Å². The predicted molar refractivity (Wildman–Crippen MR) is 81.6 cm³/mol. The summed E-state index contributed by atoms with van der Waals surface area (Å²) in [5, 5.41) is 0. The summed E-state index contributed by atoms with van der Waals surface area (Å²) in [5.41, 5.74) is 8.68. The summed E-state index contributed by atoms with van der Waals surface area (Å²) in [4.78, 5) is 4.65. The van der Waals surface area contributed by atoms with Gasteiger partial charge in [-0.25, -0.2) is 9.66 Å². The quantitative estimate of drug-likeness (QED) is 0.842. The van der Waals surface area contributed by atoms with E-state index in [0.717, 1.165) is 17.0 Å². The van der Waals surface area contributed by atoms with Crippen molar-refractivity contribution in [2.75, 3.05) is 18.7 Å². The van der Waals surface area contributed by atoms with Crippen molar-refractivity contribution < 1.29 is 4.74 Å². The fourth-order valence-electron chi connectivity index (χ4n) is 2.21. The first-order valence-corrected chi connectivity index (χ1v) is 6.57. The highest BCUT2D eigenvalue weighted by Crippen LogP contribution is 2.32. The van der Waals surface area contributed by atoms with Gasteiger partial charge in [0.05, 0.1) is 6.61 Å². The largest absolute Gasteiger partial charge is 0.382 e. The van der Waals surface area contributed by atoms with E-state index >= 15 is 0 Å². The Labute approximate surface area is 119 Å². The van der Waals surface area contributed by atoms with Crippen LogP contribution in [-0.4, -0.2) is 16.8 Å². The van der Waals surface area contributed by atoms with Gasteiger partial charge in [0.15, 0.2) is 5.82 Å². The number of hydrogen-bond acceptors (Lipinski definition) is 4. The van der Waals surface area contributed by atoms with Crippen LogP contribution in [0.5, 0.6) is 0 Å². The highest BCUT2D eigenvalue weighted by Gasteiger charge is 2.25. The number of imidazole rings is 1. The molecule has 5 heteroatoms.